The standard InChI is InChI=1S/C20H21F3N2O2S/c21-20(22,23)14-28-18-7-2-1-6-17(18)24-19(26)16-5-3-4-15(12-16)13-25-8-10-27-11-9-25/h1-7,12H,8-11,13-14H2,(H,24,26). The maximum atomic E-state index is 12.6. The summed E-state index contributed by atoms with van der Waals surface area (Å²) in [4.78, 5) is 15.3. The molecule has 1 saturated heterocycles. The molecule has 0 saturated carbocycles. The first-order chi connectivity index (χ1) is 13.4. The van der Waals surface area contributed by atoms with Crippen molar-refractivity contribution in [1.29, 1.82) is 0 Å². The highest BCUT2D eigenvalue weighted by Gasteiger charge is 2.27. The van der Waals surface area contributed by atoms with Crippen molar-refractivity contribution < 1.29 is 22.7 Å². The molecule has 1 aliphatic rings. The second-order valence-corrected chi connectivity index (χ2v) is 7.46. The van der Waals surface area contributed by atoms with Gasteiger partial charge in [0.05, 0.1) is 24.7 Å². The van der Waals surface area contributed by atoms with Crippen LogP contribution in [0.5, 0.6) is 0 Å². The fourth-order valence-corrected chi connectivity index (χ4v) is 3.65. The van der Waals surface area contributed by atoms with Crippen LogP contribution in [0.1, 0.15) is 15.9 Å². The van der Waals surface area contributed by atoms with Crippen molar-refractivity contribution in [1.82, 2.24) is 4.90 Å². The van der Waals surface area contributed by atoms with Crippen LogP contribution in [-0.4, -0.2) is 49.0 Å². The Hall–Kier alpha value is -2.03. The number of alkyl halides is 3. The van der Waals surface area contributed by atoms with Crippen LogP contribution in [0.3, 0.4) is 0 Å². The van der Waals surface area contributed by atoms with Crippen molar-refractivity contribution in [2.45, 2.75) is 17.6 Å². The van der Waals surface area contributed by atoms with Gasteiger partial charge in [0.1, 0.15) is 0 Å². The average molecular weight is 410 g/mol. The van der Waals surface area contributed by atoms with Gasteiger partial charge in [-0.15, -0.1) is 11.8 Å². The van der Waals surface area contributed by atoms with E-state index in [1.165, 1.54) is 0 Å². The number of halogens is 3. The van der Waals surface area contributed by atoms with Crippen LogP contribution in [0, 0.1) is 0 Å². The maximum Gasteiger partial charge on any atom is 0.398 e. The average Bonchev–Trinajstić information content (AvgIpc) is 2.68. The topological polar surface area (TPSA) is 41.6 Å². The summed E-state index contributed by atoms with van der Waals surface area (Å²) >= 11 is 0.659. The van der Waals surface area contributed by atoms with Gasteiger partial charge in [-0.2, -0.15) is 13.2 Å². The summed E-state index contributed by atoms with van der Waals surface area (Å²) in [6.07, 6.45) is -4.27. The third-order valence-corrected chi connectivity index (χ3v) is 5.36. The number of anilines is 1. The summed E-state index contributed by atoms with van der Waals surface area (Å²) in [6.45, 7) is 3.82. The molecule has 1 aliphatic heterocycles. The number of amides is 1. The fourth-order valence-electron chi connectivity index (χ4n) is 2.88. The van der Waals surface area contributed by atoms with E-state index < -0.39 is 11.9 Å². The first-order valence-electron chi connectivity index (χ1n) is 8.90. The van der Waals surface area contributed by atoms with Gasteiger partial charge in [0, 0.05) is 30.1 Å². The molecular weight excluding hydrogens is 389 g/mol. The molecule has 0 spiro atoms. The number of para-hydroxylation sites is 1. The van der Waals surface area contributed by atoms with Crippen LogP contribution in [-0.2, 0) is 11.3 Å². The third kappa shape index (κ3) is 6.25. The lowest BCUT2D eigenvalue weighted by Gasteiger charge is -2.26. The van der Waals surface area contributed by atoms with Gasteiger partial charge in [-0.3, -0.25) is 9.69 Å². The predicted octanol–water partition coefficient (Wildman–Crippen LogP) is 4.43. The quantitative estimate of drug-likeness (QED) is 0.716. The predicted molar refractivity (Wildman–Crippen MR) is 104 cm³/mol. The Morgan fingerprint density at radius 2 is 1.86 bits per heavy atom. The van der Waals surface area contributed by atoms with Crippen LogP contribution < -0.4 is 5.32 Å². The normalized spacial score (nSPS) is 15.4. The molecule has 2 aromatic carbocycles. The highest BCUT2D eigenvalue weighted by atomic mass is 32.2. The van der Waals surface area contributed by atoms with Crippen LogP contribution in [0.15, 0.2) is 53.4 Å². The molecule has 150 valence electrons. The lowest BCUT2D eigenvalue weighted by molar-refractivity contribution is -0.105. The molecule has 8 heteroatoms. The Morgan fingerprint density at radius 1 is 1.11 bits per heavy atom. The van der Waals surface area contributed by atoms with Crippen LogP contribution in [0.4, 0.5) is 18.9 Å². The molecule has 0 radical (unpaired) electrons. The van der Waals surface area contributed by atoms with Crippen molar-refractivity contribution in [3.05, 3.63) is 59.7 Å². The highest BCUT2D eigenvalue weighted by molar-refractivity contribution is 7.99. The molecular formula is C20H21F3N2O2S. The van der Waals surface area contributed by atoms with E-state index in [-0.39, 0.29) is 5.91 Å². The van der Waals surface area contributed by atoms with E-state index in [4.69, 9.17) is 4.74 Å². The Bertz CT molecular complexity index is 808. The van der Waals surface area contributed by atoms with E-state index in [1.807, 2.05) is 18.2 Å². The fraction of sp³-hybridized carbons (Fsp3) is 0.350. The SMILES string of the molecule is O=C(Nc1ccccc1SCC(F)(F)F)c1cccc(CN2CCOCC2)c1. The zero-order valence-electron chi connectivity index (χ0n) is 15.2. The molecule has 1 amide bonds. The van der Waals surface area contributed by atoms with E-state index in [9.17, 15) is 18.0 Å². The summed E-state index contributed by atoms with van der Waals surface area (Å²) in [5.41, 5.74) is 1.86. The van der Waals surface area contributed by atoms with Gasteiger partial charge in [-0.05, 0) is 29.8 Å². The Kier molecular flexibility index (Phi) is 6.98. The number of carbonyl (C=O) groups excluding carboxylic acids is 1. The number of hydrogen-bond acceptors (Lipinski definition) is 4. The van der Waals surface area contributed by atoms with E-state index in [1.54, 1.807) is 30.3 Å². The summed E-state index contributed by atoms with van der Waals surface area (Å²) in [6, 6.07) is 13.8. The number of benzene rings is 2. The second-order valence-electron chi connectivity index (χ2n) is 6.44. The van der Waals surface area contributed by atoms with E-state index in [2.05, 4.69) is 10.2 Å². The minimum atomic E-state index is -4.27. The zero-order chi connectivity index (χ0) is 20.0. The number of thioether (sulfide) groups is 1. The summed E-state index contributed by atoms with van der Waals surface area (Å²) in [7, 11) is 0. The van der Waals surface area contributed by atoms with E-state index >= 15 is 0 Å². The smallest absolute Gasteiger partial charge is 0.379 e. The van der Waals surface area contributed by atoms with Gasteiger partial charge in [0.2, 0.25) is 0 Å². The lowest BCUT2D eigenvalue weighted by Crippen LogP contribution is -2.35. The monoisotopic (exact) mass is 410 g/mol. The number of ether oxygens (including phenoxy) is 1. The van der Waals surface area contributed by atoms with Crippen molar-refractivity contribution >= 4 is 23.4 Å². The van der Waals surface area contributed by atoms with Crippen LogP contribution in [0.2, 0.25) is 0 Å². The maximum absolute atomic E-state index is 12.6. The van der Waals surface area contributed by atoms with Crippen molar-refractivity contribution in [2.24, 2.45) is 0 Å². The molecule has 0 atom stereocenters. The Balaban J connectivity index is 1.67. The number of nitrogens with one attached hydrogen (secondary N) is 1. The summed E-state index contributed by atoms with van der Waals surface area (Å²) < 4.78 is 42.9. The van der Waals surface area contributed by atoms with E-state index in [0.717, 1.165) is 25.2 Å². The first-order valence-corrected chi connectivity index (χ1v) is 9.88. The number of carbonyl (C=O) groups is 1. The lowest BCUT2D eigenvalue weighted by atomic mass is 10.1. The minimum absolute atomic E-state index is 0.344. The molecule has 1 N–H and O–H groups in total. The van der Waals surface area contributed by atoms with E-state index in [0.29, 0.717) is 41.1 Å². The van der Waals surface area contributed by atoms with Gasteiger partial charge >= 0.3 is 6.18 Å². The number of rotatable bonds is 6. The largest absolute Gasteiger partial charge is 0.398 e. The molecule has 3 rings (SSSR count). The van der Waals surface area contributed by atoms with Crippen LogP contribution >= 0.6 is 11.8 Å². The zero-order valence-corrected chi connectivity index (χ0v) is 16.0. The molecule has 4 nitrogen and oxygen atoms in total. The molecule has 0 aromatic heterocycles. The first kappa shape index (κ1) is 20.7. The van der Waals surface area contributed by atoms with Crippen LogP contribution in [0.25, 0.3) is 0 Å². The minimum Gasteiger partial charge on any atom is -0.379 e. The Morgan fingerprint density at radius 3 is 2.61 bits per heavy atom. The molecule has 0 aliphatic carbocycles. The second kappa shape index (κ2) is 9.45. The van der Waals surface area contributed by atoms with Gasteiger partial charge in [-0.1, -0.05) is 24.3 Å². The molecule has 0 bridgehead atoms. The van der Waals surface area contributed by atoms with Gasteiger partial charge in [0.25, 0.3) is 5.91 Å². The number of hydrogen-bond donors (Lipinski definition) is 1. The Labute approximate surface area is 166 Å². The highest BCUT2D eigenvalue weighted by Crippen LogP contribution is 2.32. The third-order valence-electron chi connectivity index (χ3n) is 4.23. The van der Waals surface area contributed by atoms with Crippen molar-refractivity contribution in [3.8, 4) is 0 Å². The molecule has 28 heavy (non-hydrogen) atoms. The van der Waals surface area contributed by atoms with Crippen molar-refractivity contribution in [2.75, 3.05) is 37.4 Å². The molecule has 0 unspecified atom stereocenters. The molecule has 1 fully saturated rings. The summed E-state index contributed by atoms with van der Waals surface area (Å²) in [5.74, 6) is -1.35. The van der Waals surface area contributed by atoms with Crippen molar-refractivity contribution in [3.63, 3.8) is 0 Å². The number of morpholine rings is 1. The van der Waals surface area contributed by atoms with Gasteiger partial charge in [0.15, 0.2) is 0 Å². The molecule has 2 aromatic rings. The molecule has 1 heterocycles. The van der Waals surface area contributed by atoms with Gasteiger partial charge in [-0.25, -0.2) is 0 Å². The number of nitrogens with zero attached hydrogens (tertiary/aromatic N) is 1. The summed E-state index contributed by atoms with van der Waals surface area (Å²) in [5, 5.41) is 2.73. The van der Waals surface area contributed by atoms with Gasteiger partial charge < -0.3 is 10.1 Å².